The van der Waals surface area contributed by atoms with Gasteiger partial charge in [-0.2, -0.15) is 0 Å². The second-order valence-corrected chi connectivity index (χ2v) is 5.47. The van der Waals surface area contributed by atoms with Crippen molar-refractivity contribution in [3.05, 3.63) is 34.9 Å². The molecular weight excluding hydrogens is 196 g/mol. The quantitative estimate of drug-likeness (QED) is 0.681. The lowest BCUT2D eigenvalue weighted by Gasteiger charge is -2.22. The molecule has 0 spiro atoms. The van der Waals surface area contributed by atoms with E-state index in [9.17, 15) is 4.79 Å². The molecule has 1 nitrogen and oxygen atoms in total. The van der Waals surface area contributed by atoms with Gasteiger partial charge in [0.05, 0.1) is 0 Å². The van der Waals surface area contributed by atoms with Crippen LogP contribution in [0.4, 0.5) is 0 Å². The Morgan fingerprint density at radius 3 is 2.06 bits per heavy atom. The number of aryl methyl sites for hydroxylation is 2. The SMILES string of the molecule is Cc1cc(C)cc(C(=O)C2(C)CCCC2)c1. The summed E-state index contributed by atoms with van der Waals surface area (Å²) in [6.07, 6.45) is 4.51. The normalized spacial score (nSPS) is 18.7. The lowest BCUT2D eigenvalue weighted by molar-refractivity contribution is 0.0823. The molecule has 0 bridgehead atoms. The van der Waals surface area contributed by atoms with Gasteiger partial charge in [-0.3, -0.25) is 4.79 Å². The largest absolute Gasteiger partial charge is 0.294 e. The third-order valence-electron chi connectivity index (χ3n) is 3.74. The van der Waals surface area contributed by atoms with Gasteiger partial charge in [0.15, 0.2) is 5.78 Å². The summed E-state index contributed by atoms with van der Waals surface area (Å²) in [5.41, 5.74) is 3.18. The monoisotopic (exact) mass is 216 g/mol. The average molecular weight is 216 g/mol. The smallest absolute Gasteiger partial charge is 0.168 e. The summed E-state index contributed by atoms with van der Waals surface area (Å²) in [5, 5.41) is 0. The first-order valence-corrected chi connectivity index (χ1v) is 6.14. The van der Waals surface area contributed by atoms with Crippen molar-refractivity contribution in [2.75, 3.05) is 0 Å². The van der Waals surface area contributed by atoms with Crippen molar-refractivity contribution in [1.82, 2.24) is 0 Å². The van der Waals surface area contributed by atoms with E-state index < -0.39 is 0 Å². The van der Waals surface area contributed by atoms with E-state index in [0.717, 1.165) is 18.4 Å². The van der Waals surface area contributed by atoms with Crippen LogP contribution in [0.2, 0.25) is 0 Å². The first kappa shape index (κ1) is 11.4. The van der Waals surface area contributed by atoms with Crippen LogP contribution >= 0.6 is 0 Å². The van der Waals surface area contributed by atoms with Crippen LogP contribution < -0.4 is 0 Å². The van der Waals surface area contributed by atoms with Crippen LogP contribution in [0.25, 0.3) is 0 Å². The molecule has 0 saturated heterocycles. The summed E-state index contributed by atoms with van der Waals surface area (Å²) in [4.78, 5) is 12.5. The Morgan fingerprint density at radius 1 is 1.06 bits per heavy atom. The lowest BCUT2D eigenvalue weighted by Crippen LogP contribution is -2.24. The predicted octanol–water partition coefficient (Wildman–Crippen LogP) is 4.07. The van der Waals surface area contributed by atoms with Gasteiger partial charge in [-0.25, -0.2) is 0 Å². The Balaban J connectivity index is 2.33. The topological polar surface area (TPSA) is 17.1 Å². The van der Waals surface area contributed by atoms with Crippen molar-refractivity contribution in [2.24, 2.45) is 5.41 Å². The zero-order valence-corrected chi connectivity index (χ0v) is 10.5. The minimum Gasteiger partial charge on any atom is -0.294 e. The molecule has 2 rings (SSSR count). The molecule has 0 heterocycles. The van der Waals surface area contributed by atoms with Crippen LogP contribution in [0.1, 0.15) is 54.1 Å². The number of hydrogen-bond acceptors (Lipinski definition) is 1. The van der Waals surface area contributed by atoms with Gasteiger partial charge in [-0.15, -0.1) is 0 Å². The molecule has 1 aromatic carbocycles. The van der Waals surface area contributed by atoms with Gasteiger partial charge in [0.2, 0.25) is 0 Å². The second-order valence-electron chi connectivity index (χ2n) is 5.47. The van der Waals surface area contributed by atoms with Gasteiger partial charge in [-0.05, 0) is 38.8 Å². The van der Waals surface area contributed by atoms with E-state index in [-0.39, 0.29) is 5.41 Å². The fourth-order valence-corrected chi connectivity index (χ4v) is 2.84. The predicted molar refractivity (Wildman–Crippen MR) is 66.8 cm³/mol. The van der Waals surface area contributed by atoms with Gasteiger partial charge in [0.25, 0.3) is 0 Å². The minimum absolute atomic E-state index is 0.0970. The zero-order valence-electron chi connectivity index (χ0n) is 10.5. The number of benzene rings is 1. The molecule has 0 N–H and O–H groups in total. The van der Waals surface area contributed by atoms with Gasteiger partial charge >= 0.3 is 0 Å². The Bertz CT molecular complexity index is 391. The molecule has 1 aliphatic carbocycles. The van der Waals surface area contributed by atoms with Crippen molar-refractivity contribution in [3.63, 3.8) is 0 Å². The highest BCUT2D eigenvalue weighted by Crippen LogP contribution is 2.40. The Hall–Kier alpha value is -1.11. The van der Waals surface area contributed by atoms with E-state index in [1.807, 2.05) is 12.1 Å². The number of hydrogen-bond donors (Lipinski definition) is 0. The van der Waals surface area contributed by atoms with Gasteiger partial charge in [-0.1, -0.05) is 37.0 Å². The van der Waals surface area contributed by atoms with Crippen molar-refractivity contribution >= 4 is 5.78 Å². The second kappa shape index (κ2) is 4.04. The summed E-state index contributed by atoms with van der Waals surface area (Å²) in [5.74, 6) is 0.344. The molecule has 1 heteroatoms. The van der Waals surface area contributed by atoms with E-state index in [0.29, 0.717) is 5.78 Å². The summed E-state index contributed by atoms with van der Waals surface area (Å²) >= 11 is 0. The number of Topliss-reactive ketones (excluding diaryl/α,β-unsaturated/α-hetero) is 1. The van der Waals surface area contributed by atoms with Gasteiger partial charge in [0.1, 0.15) is 0 Å². The molecule has 1 saturated carbocycles. The highest BCUT2D eigenvalue weighted by molar-refractivity contribution is 6.00. The summed E-state index contributed by atoms with van der Waals surface area (Å²) in [6.45, 7) is 6.24. The first-order valence-electron chi connectivity index (χ1n) is 6.14. The van der Waals surface area contributed by atoms with Crippen LogP contribution in [-0.4, -0.2) is 5.78 Å². The third kappa shape index (κ3) is 2.04. The summed E-state index contributed by atoms with van der Waals surface area (Å²) in [7, 11) is 0. The van der Waals surface area contributed by atoms with Crippen LogP contribution in [0.15, 0.2) is 18.2 Å². The summed E-state index contributed by atoms with van der Waals surface area (Å²) in [6, 6.07) is 6.17. The Labute approximate surface area is 97.9 Å². The molecule has 0 unspecified atom stereocenters. The molecule has 1 fully saturated rings. The number of carbonyl (C=O) groups is 1. The highest BCUT2D eigenvalue weighted by Gasteiger charge is 2.36. The van der Waals surface area contributed by atoms with Crippen molar-refractivity contribution < 1.29 is 4.79 Å². The van der Waals surface area contributed by atoms with E-state index in [4.69, 9.17) is 0 Å². The van der Waals surface area contributed by atoms with Gasteiger partial charge < -0.3 is 0 Å². The van der Waals surface area contributed by atoms with Crippen LogP contribution in [0.5, 0.6) is 0 Å². The lowest BCUT2D eigenvalue weighted by atomic mass is 9.80. The van der Waals surface area contributed by atoms with Crippen molar-refractivity contribution in [3.8, 4) is 0 Å². The average Bonchev–Trinajstić information content (AvgIpc) is 2.64. The van der Waals surface area contributed by atoms with Crippen molar-refractivity contribution in [2.45, 2.75) is 46.5 Å². The molecule has 16 heavy (non-hydrogen) atoms. The first-order chi connectivity index (χ1) is 7.51. The van der Waals surface area contributed by atoms with Crippen LogP contribution in [-0.2, 0) is 0 Å². The minimum atomic E-state index is -0.0970. The fourth-order valence-electron chi connectivity index (χ4n) is 2.84. The van der Waals surface area contributed by atoms with Crippen LogP contribution in [0, 0.1) is 19.3 Å². The number of rotatable bonds is 2. The molecule has 0 amide bonds. The maximum absolute atomic E-state index is 12.5. The summed E-state index contributed by atoms with van der Waals surface area (Å²) < 4.78 is 0. The third-order valence-corrected chi connectivity index (χ3v) is 3.74. The Morgan fingerprint density at radius 2 is 1.56 bits per heavy atom. The molecule has 1 aliphatic rings. The number of ketones is 1. The molecule has 0 radical (unpaired) electrons. The van der Waals surface area contributed by atoms with E-state index in [2.05, 4.69) is 26.8 Å². The zero-order chi connectivity index (χ0) is 11.8. The van der Waals surface area contributed by atoms with E-state index in [1.165, 1.54) is 24.0 Å². The van der Waals surface area contributed by atoms with E-state index >= 15 is 0 Å². The molecule has 0 aromatic heterocycles. The molecular formula is C15H20O. The van der Waals surface area contributed by atoms with Crippen LogP contribution in [0.3, 0.4) is 0 Å². The highest BCUT2D eigenvalue weighted by atomic mass is 16.1. The fraction of sp³-hybridized carbons (Fsp3) is 0.533. The molecule has 0 aliphatic heterocycles. The Kier molecular flexibility index (Phi) is 2.88. The maximum atomic E-state index is 12.5. The van der Waals surface area contributed by atoms with Crippen molar-refractivity contribution in [1.29, 1.82) is 0 Å². The molecule has 1 aromatic rings. The number of carbonyl (C=O) groups excluding carboxylic acids is 1. The molecule has 0 atom stereocenters. The molecule has 86 valence electrons. The van der Waals surface area contributed by atoms with E-state index in [1.54, 1.807) is 0 Å². The standard InChI is InChI=1S/C15H20O/c1-11-8-12(2)10-13(9-11)14(16)15(3)6-4-5-7-15/h8-10H,4-7H2,1-3H3. The van der Waals surface area contributed by atoms with Gasteiger partial charge in [0, 0.05) is 11.0 Å². The maximum Gasteiger partial charge on any atom is 0.168 e.